The van der Waals surface area contributed by atoms with Crippen LogP contribution in [0.4, 0.5) is 28.1 Å². The molecule has 107 heavy (non-hydrogen) atoms. The number of thioether (sulfide) groups is 3. The van der Waals surface area contributed by atoms with Crippen LogP contribution in [0.15, 0.2) is 42.4 Å². The third kappa shape index (κ3) is 29.3. The van der Waals surface area contributed by atoms with Crippen LogP contribution in [0.2, 0.25) is 0 Å². The van der Waals surface area contributed by atoms with Gasteiger partial charge < -0.3 is 64.1 Å². The molecule has 5 N–H and O–H groups in total. The minimum Gasteiger partial charge on any atom is -0.444 e. The fourth-order valence-corrected chi connectivity index (χ4v) is 16.4. The van der Waals surface area contributed by atoms with Gasteiger partial charge in [-0.2, -0.15) is 0 Å². The van der Waals surface area contributed by atoms with Crippen molar-refractivity contribution in [1.29, 1.82) is 0 Å². The number of carbonyl (C=O) groups excluding carboxylic acids is 7. The van der Waals surface area contributed by atoms with Gasteiger partial charge in [0, 0.05) is 99.0 Å². The Labute approximate surface area is 649 Å². The number of nitrogens with one attached hydrogen (secondary N) is 5. The molecule has 8 heterocycles. The number of anilines is 4. The van der Waals surface area contributed by atoms with Gasteiger partial charge in [0.1, 0.15) is 33.4 Å². The van der Waals surface area contributed by atoms with Crippen LogP contribution in [0.3, 0.4) is 0 Å². The van der Waals surface area contributed by atoms with Crippen LogP contribution in [-0.2, 0) is 65.0 Å². The molecule has 4 fully saturated rings. The molecule has 4 atom stereocenters. The van der Waals surface area contributed by atoms with Crippen molar-refractivity contribution in [3.05, 3.63) is 47.3 Å². The topological polar surface area (TPSA) is 337 Å². The molecule has 4 aromatic heterocycles. The minimum absolute atomic E-state index is 0.0278. The molecule has 0 radical (unpaired) electrons. The second-order valence-corrected chi connectivity index (χ2v) is 43.5. The van der Waals surface area contributed by atoms with E-state index < -0.39 is 40.3 Å². The monoisotopic (exact) mass is 1570 g/mol. The quantitative estimate of drug-likeness (QED) is 0.0549. The molecule has 4 saturated heterocycles. The summed E-state index contributed by atoms with van der Waals surface area (Å²) in [6.07, 6.45) is 7.84. The summed E-state index contributed by atoms with van der Waals surface area (Å²) in [4.78, 5) is 91.6. The predicted molar refractivity (Wildman–Crippen MR) is 429 cm³/mol. The van der Waals surface area contributed by atoms with Gasteiger partial charge in [-0.1, -0.05) is 104 Å². The number of amides is 7. The van der Waals surface area contributed by atoms with E-state index in [0.29, 0.717) is 60.6 Å². The molecular formula is C77H128N12O14S4. The first-order chi connectivity index (χ1) is 49.1. The molecule has 4 unspecified atom stereocenters. The Bertz CT molecular complexity index is 3700. The van der Waals surface area contributed by atoms with Gasteiger partial charge >= 0.3 is 6.09 Å². The third-order valence-electron chi connectivity index (χ3n) is 18.9. The standard InChI is InChI=1S/C22H37N3O4S.C19H31N3O5S.C19H31N3O3S.C17H29N3O2S/c1-20(2,3)16-12-17(24-29-16)23-18(26)22(7,8)30-14-15-10-9-11-25(13-15)19(27)28-21(4,5)6;1-13(23)22-9-7-8-14(11-22)12-28(25,26)19(5,6)17(24)20-16-10-15(27-21-16)18(2,3)4;1-13(23)22-9-7-8-14(11-22)12-26-19(5,6)17(24)20-16-10-15(25-21-16)18(2,3)4;1-16(2,3)13-9-14(20-22-13)19-15(21)17(4,5)23-11-12-7-6-8-18-10-12/h12,15H,9-11,13-14H2,1-8H3,(H,23,24,26);10,14H,7-9,11-12H2,1-6H3,(H,20,21,24);10,14H,7-9,11-12H2,1-6H3,(H,20,21,24);9,12,18H,6-8,10-11H2,1-5H3,(H,19,20,21). The lowest BCUT2D eigenvalue weighted by Gasteiger charge is -2.35. The molecule has 4 aromatic rings. The number of hydrogen-bond donors (Lipinski definition) is 5. The summed E-state index contributed by atoms with van der Waals surface area (Å²) < 4.78 is 49.4. The van der Waals surface area contributed by atoms with Gasteiger partial charge in [-0.3, -0.25) is 28.8 Å². The number of aromatic nitrogens is 4. The third-order valence-corrected chi connectivity index (χ3v) is 26.2. The van der Waals surface area contributed by atoms with Crippen molar-refractivity contribution in [3.8, 4) is 0 Å². The van der Waals surface area contributed by atoms with Crippen LogP contribution in [0.1, 0.15) is 248 Å². The van der Waals surface area contributed by atoms with Crippen molar-refractivity contribution in [2.24, 2.45) is 23.7 Å². The fourth-order valence-electron chi connectivity index (χ4n) is 11.4. The molecule has 0 saturated carbocycles. The van der Waals surface area contributed by atoms with Gasteiger partial charge in [0.15, 0.2) is 33.1 Å². The molecule has 0 aromatic carbocycles. The molecule has 4 aliphatic heterocycles. The van der Waals surface area contributed by atoms with Crippen LogP contribution in [0.25, 0.3) is 0 Å². The van der Waals surface area contributed by atoms with E-state index in [0.717, 1.165) is 106 Å². The van der Waals surface area contributed by atoms with E-state index >= 15 is 0 Å². The zero-order chi connectivity index (χ0) is 80.7. The summed E-state index contributed by atoms with van der Waals surface area (Å²) in [6.45, 7) is 53.6. The predicted octanol–water partition coefficient (Wildman–Crippen LogP) is 14.5. The molecule has 7 amide bonds. The van der Waals surface area contributed by atoms with E-state index in [1.54, 1.807) is 70.2 Å². The highest BCUT2D eigenvalue weighted by molar-refractivity contribution is 8.01. The van der Waals surface area contributed by atoms with Gasteiger partial charge in [0.05, 0.1) is 20.0 Å². The van der Waals surface area contributed by atoms with Crippen LogP contribution in [0, 0.1) is 23.7 Å². The maximum atomic E-state index is 13.0. The van der Waals surface area contributed by atoms with Gasteiger partial charge in [-0.25, -0.2) is 13.2 Å². The number of nitrogens with zero attached hydrogens (tertiary/aromatic N) is 7. The SMILES string of the molecule is CC(=O)N1CCCC(CS(=O)(=O)C(C)(C)C(=O)Nc2cc(C(C)(C)C)on2)C1.CC(=O)N1CCCC(CSC(C)(C)C(=O)Nc2cc(C(C)(C)C)on2)C1.CC(C)(C)OC(=O)N1CCCC(CSC(C)(C)C(=O)Nc2cc(C(C)(C)C)on2)C1.CC(C)(SCC1CCCNC1)C(=O)Nc1cc(C(C)(C)C)on1. The van der Waals surface area contributed by atoms with Crippen molar-refractivity contribution in [2.75, 3.05) is 96.6 Å². The maximum Gasteiger partial charge on any atom is 0.410 e. The van der Waals surface area contributed by atoms with Gasteiger partial charge in [0.25, 0.3) is 0 Å². The first-order valence-electron chi connectivity index (χ1n) is 37.6. The molecule has 26 nitrogen and oxygen atoms in total. The summed E-state index contributed by atoms with van der Waals surface area (Å²) in [7, 11) is -3.76. The van der Waals surface area contributed by atoms with Crippen molar-refractivity contribution in [3.63, 3.8) is 0 Å². The van der Waals surface area contributed by atoms with E-state index in [2.05, 4.69) is 68.0 Å². The van der Waals surface area contributed by atoms with Crippen molar-refractivity contribution < 1.29 is 64.8 Å². The summed E-state index contributed by atoms with van der Waals surface area (Å²) in [5.74, 6) is 7.38. The highest BCUT2D eigenvalue weighted by Crippen LogP contribution is 2.37. The average molecular weight is 1570 g/mol. The van der Waals surface area contributed by atoms with E-state index in [4.69, 9.17) is 22.8 Å². The zero-order valence-corrected chi connectivity index (χ0v) is 72.0. The minimum atomic E-state index is -3.76. The molecule has 0 aliphatic carbocycles. The van der Waals surface area contributed by atoms with Crippen molar-refractivity contribution >= 4 is 110 Å². The van der Waals surface area contributed by atoms with E-state index in [9.17, 15) is 42.0 Å². The largest absolute Gasteiger partial charge is 0.444 e. The number of hydrogen-bond acceptors (Lipinski definition) is 22. The average Bonchev–Trinajstić information content (AvgIpc) is 1.42. The zero-order valence-electron chi connectivity index (χ0n) is 68.7. The molecule has 30 heteroatoms. The Morgan fingerprint density at radius 3 is 1.06 bits per heavy atom. The highest BCUT2D eigenvalue weighted by atomic mass is 32.2. The second kappa shape index (κ2) is 37.7. The summed E-state index contributed by atoms with van der Waals surface area (Å²) in [6, 6.07) is 6.97. The fraction of sp³-hybridized carbons (Fsp3) is 0.753. The van der Waals surface area contributed by atoms with Crippen LogP contribution in [-0.4, -0.2) is 185 Å². The number of rotatable bonds is 20. The van der Waals surface area contributed by atoms with Crippen molar-refractivity contribution in [1.82, 2.24) is 40.6 Å². The van der Waals surface area contributed by atoms with Gasteiger partial charge in [0.2, 0.25) is 35.4 Å². The van der Waals surface area contributed by atoms with Gasteiger partial charge in [-0.15, -0.1) is 35.3 Å². The van der Waals surface area contributed by atoms with E-state index in [1.807, 2.05) is 136 Å². The Hall–Kier alpha value is -6.11. The second-order valence-electron chi connectivity index (χ2n) is 36.0. The first-order valence-corrected chi connectivity index (χ1v) is 42.2. The molecule has 4 aliphatic rings. The number of sulfone groups is 1. The van der Waals surface area contributed by atoms with E-state index in [1.165, 1.54) is 33.6 Å². The van der Waals surface area contributed by atoms with Gasteiger partial charge in [-0.05, 0) is 182 Å². The molecule has 8 rings (SSSR count). The molecule has 0 spiro atoms. The summed E-state index contributed by atoms with van der Waals surface area (Å²) >= 11 is 4.95. The lowest BCUT2D eigenvalue weighted by atomic mass is 9.93. The van der Waals surface area contributed by atoms with Crippen LogP contribution in [0.5, 0.6) is 0 Å². The normalized spacial score (nSPS) is 18.8. The van der Waals surface area contributed by atoms with Crippen LogP contribution >= 0.6 is 35.3 Å². The molecular weight excluding hydrogens is 1450 g/mol. The number of likely N-dealkylation sites (tertiary alicyclic amines) is 3. The smallest absolute Gasteiger partial charge is 0.410 e. The lowest BCUT2D eigenvalue weighted by Crippen LogP contribution is -2.48. The Morgan fingerprint density at radius 1 is 0.449 bits per heavy atom. The number of piperidine rings is 4. The summed E-state index contributed by atoms with van der Waals surface area (Å²) in [5, 5.41) is 30.3. The Balaban J connectivity index is 0.000000257. The Kier molecular flexibility index (Phi) is 32.3. The number of ether oxygens (including phenoxy) is 1. The van der Waals surface area contributed by atoms with Crippen molar-refractivity contribution in [2.45, 2.75) is 271 Å². The molecule has 604 valence electrons. The highest BCUT2D eigenvalue weighted by Gasteiger charge is 2.44. The maximum absolute atomic E-state index is 13.0. The number of carbonyl (C=O) groups is 7. The molecule has 0 bridgehead atoms. The van der Waals surface area contributed by atoms with Crippen LogP contribution < -0.4 is 26.6 Å². The Morgan fingerprint density at radius 2 is 0.748 bits per heavy atom. The first kappa shape index (κ1) is 91.5. The lowest BCUT2D eigenvalue weighted by molar-refractivity contribution is -0.131. The van der Waals surface area contributed by atoms with E-state index in [-0.39, 0.29) is 74.8 Å². The summed E-state index contributed by atoms with van der Waals surface area (Å²) in [5.41, 5.74) is -1.20.